The van der Waals surface area contributed by atoms with Gasteiger partial charge in [-0.2, -0.15) is 0 Å². The van der Waals surface area contributed by atoms with E-state index < -0.39 is 0 Å². The predicted octanol–water partition coefficient (Wildman–Crippen LogP) is 5.07. The first-order valence-electron chi connectivity index (χ1n) is 7.04. The van der Waals surface area contributed by atoms with Gasteiger partial charge < -0.3 is 0 Å². The molecule has 0 bridgehead atoms. The minimum absolute atomic E-state index is 1.09. The molecule has 1 nitrogen and oxygen atoms in total. The molecular formula is C16H23N. The fourth-order valence-electron chi connectivity index (χ4n) is 2.45. The second-order valence-corrected chi connectivity index (χ2v) is 5.00. The average Bonchev–Trinajstić information content (AvgIpc) is 2.76. The van der Waals surface area contributed by atoms with Crippen molar-refractivity contribution in [2.75, 3.05) is 0 Å². The van der Waals surface area contributed by atoms with Gasteiger partial charge in [-0.05, 0) is 24.5 Å². The number of unbranched alkanes of at least 4 members (excludes halogenated alkanes) is 5. The summed E-state index contributed by atoms with van der Waals surface area (Å²) < 4.78 is 0. The molecule has 0 radical (unpaired) electrons. The Hall–Kier alpha value is -1.11. The van der Waals surface area contributed by atoms with E-state index in [9.17, 15) is 0 Å². The third kappa shape index (κ3) is 3.69. The van der Waals surface area contributed by atoms with Gasteiger partial charge in [0.05, 0.1) is 5.69 Å². The van der Waals surface area contributed by atoms with E-state index >= 15 is 0 Å². The first-order chi connectivity index (χ1) is 8.40. The predicted molar refractivity (Wildman–Crippen MR) is 75.2 cm³/mol. The van der Waals surface area contributed by atoms with E-state index in [1.807, 2.05) is 0 Å². The van der Waals surface area contributed by atoms with Crippen molar-refractivity contribution in [3.63, 3.8) is 0 Å². The van der Waals surface area contributed by atoms with Gasteiger partial charge in [0.25, 0.3) is 0 Å². The third-order valence-electron chi connectivity index (χ3n) is 3.48. The second kappa shape index (κ2) is 6.58. The molecule has 0 aliphatic carbocycles. The number of fused-ring (bicyclic) bond motifs is 1. The zero-order valence-corrected chi connectivity index (χ0v) is 10.9. The zero-order valence-electron chi connectivity index (χ0n) is 10.9. The quantitative estimate of drug-likeness (QED) is 0.579. The molecule has 2 rings (SSSR count). The molecule has 0 aromatic heterocycles. The molecule has 92 valence electrons. The molecule has 1 heterocycles. The van der Waals surface area contributed by atoms with Crippen molar-refractivity contribution in [2.45, 2.75) is 58.3 Å². The highest BCUT2D eigenvalue weighted by atomic mass is 14.8. The highest BCUT2D eigenvalue weighted by molar-refractivity contribution is 5.93. The van der Waals surface area contributed by atoms with Crippen LogP contribution in [0.5, 0.6) is 0 Å². The van der Waals surface area contributed by atoms with Crippen molar-refractivity contribution in [1.82, 2.24) is 0 Å². The Morgan fingerprint density at radius 1 is 1.00 bits per heavy atom. The summed E-state index contributed by atoms with van der Waals surface area (Å²) in [6, 6.07) is 8.52. The van der Waals surface area contributed by atoms with E-state index in [4.69, 9.17) is 4.99 Å². The maximum atomic E-state index is 4.70. The van der Waals surface area contributed by atoms with Crippen molar-refractivity contribution in [3.05, 3.63) is 29.8 Å². The Kier molecular flexibility index (Phi) is 4.78. The minimum Gasteiger partial charge on any atom is -0.257 e. The van der Waals surface area contributed by atoms with Gasteiger partial charge in [-0.25, -0.2) is 0 Å². The van der Waals surface area contributed by atoms with Crippen LogP contribution < -0.4 is 0 Å². The first-order valence-corrected chi connectivity index (χ1v) is 7.04. The Morgan fingerprint density at radius 2 is 1.76 bits per heavy atom. The maximum Gasteiger partial charge on any atom is 0.0664 e. The lowest BCUT2D eigenvalue weighted by molar-refractivity contribution is 0.615. The maximum absolute atomic E-state index is 4.70. The fraction of sp³-hybridized carbons (Fsp3) is 0.562. The number of hydrogen-bond acceptors (Lipinski definition) is 1. The Bertz CT molecular complexity index is 379. The molecular weight excluding hydrogens is 206 g/mol. The van der Waals surface area contributed by atoms with Crippen LogP contribution in [-0.2, 0) is 6.42 Å². The van der Waals surface area contributed by atoms with Gasteiger partial charge in [0.1, 0.15) is 0 Å². The highest BCUT2D eigenvalue weighted by Gasteiger charge is 2.12. The second-order valence-electron chi connectivity index (χ2n) is 5.00. The van der Waals surface area contributed by atoms with Gasteiger partial charge in [-0.15, -0.1) is 0 Å². The molecule has 1 aromatic rings. The lowest BCUT2D eigenvalue weighted by Crippen LogP contribution is -1.97. The zero-order chi connectivity index (χ0) is 11.9. The van der Waals surface area contributed by atoms with Crippen LogP contribution in [0.25, 0.3) is 0 Å². The molecule has 1 aliphatic rings. The molecule has 0 amide bonds. The molecule has 0 saturated carbocycles. The number of hydrogen-bond donors (Lipinski definition) is 0. The van der Waals surface area contributed by atoms with Gasteiger partial charge in [0.15, 0.2) is 0 Å². The summed E-state index contributed by atoms with van der Waals surface area (Å²) in [6.07, 6.45) is 10.5. The number of rotatable bonds is 7. The summed E-state index contributed by atoms with van der Waals surface area (Å²) in [5.74, 6) is 0. The lowest BCUT2D eigenvalue weighted by Gasteiger charge is -2.01. The van der Waals surface area contributed by atoms with E-state index in [0.29, 0.717) is 0 Å². The molecule has 0 N–H and O–H groups in total. The van der Waals surface area contributed by atoms with Gasteiger partial charge in [-0.1, -0.05) is 57.2 Å². The summed E-state index contributed by atoms with van der Waals surface area (Å²) in [5.41, 5.74) is 4.00. The van der Waals surface area contributed by atoms with E-state index in [0.717, 1.165) is 6.42 Å². The van der Waals surface area contributed by atoms with Crippen LogP contribution in [0.4, 0.5) is 5.69 Å². The van der Waals surface area contributed by atoms with Crippen molar-refractivity contribution < 1.29 is 0 Å². The van der Waals surface area contributed by atoms with Crippen LogP contribution in [0.1, 0.15) is 57.4 Å². The number of benzene rings is 1. The van der Waals surface area contributed by atoms with E-state index in [-0.39, 0.29) is 0 Å². The summed E-state index contributed by atoms with van der Waals surface area (Å²) >= 11 is 0. The molecule has 1 heteroatoms. The smallest absolute Gasteiger partial charge is 0.0664 e. The minimum atomic E-state index is 1.09. The SMILES string of the molecule is CCCCCCCCC1=Nc2ccccc2C1. The van der Waals surface area contributed by atoms with Crippen LogP contribution in [0, 0.1) is 0 Å². The molecule has 0 fully saturated rings. The molecule has 1 aliphatic heterocycles. The van der Waals surface area contributed by atoms with Crippen LogP contribution in [-0.4, -0.2) is 5.71 Å². The van der Waals surface area contributed by atoms with Crippen molar-refractivity contribution in [3.8, 4) is 0 Å². The van der Waals surface area contributed by atoms with Gasteiger partial charge in [-0.3, -0.25) is 4.99 Å². The van der Waals surface area contributed by atoms with Gasteiger partial charge in [0, 0.05) is 12.1 Å². The monoisotopic (exact) mass is 229 g/mol. The largest absolute Gasteiger partial charge is 0.257 e. The lowest BCUT2D eigenvalue weighted by atomic mass is 10.0. The third-order valence-corrected chi connectivity index (χ3v) is 3.48. The summed E-state index contributed by atoms with van der Waals surface area (Å²) in [5, 5.41) is 0. The van der Waals surface area contributed by atoms with Crippen LogP contribution in [0.2, 0.25) is 0 Å². The molecule has 17 heavy (non-hydrogen) atoms. The Morgan fingerprint density at radius 3 is 2.59 bits per heavy atom. The highest BCUT2D eigenvalue weighted by Crippen LogP contribution is 2.27. The van der Waals surface area contributed by atoms with Crippen LogP contribution >= 0.6 is 0 Å². The number of nitrogens with zero attached hydrogens (tertiary/aromatic N) is 1. The normalized spacial score (nSPS) is 13.6. The summed E-state index contributed by atoms with van der Waals surface area (Å²) in [6.45, 7) is 2.27. The molecule has 0 saturated heterocycles. The van der Waals surface area contributed by atoms with Crippen molar-refractivity contribution >= 4 is 11.4 Å². The van der Waals surface area contributed by atoms with E-state index in [1.165, 1.54) is 61.9 Å². The number of para-hydroxylation sites is 1. The van der Waals surface area contributed by atoms with E-state index in [1.54, 1.807) is 0 Å². The summed E-state index contributed by atoms with van der Waals surface area (Å²) in [7, 11) is 0. The van der Waals surface area contributed by atoms with Gasteiger partial charge >= 0.3 is 0 Å². The topological polar surface area (TPSA) is 12.4 Å². The standard InChI is InChI=1S/C16H23N/c1-2-3-4-5-6-7-11-15-13-14-10-8-9-12-16(14)17-15/h8-10,12H,2-7,11,13H2,1H3. The molecule has 1 aromatic carbocycles. The van der Waals surface area contributed by atoms with E-state index in [2.05, 4.69) is 31.2 Å². The Balaban J connectivity index is 1.66. The van der Waals surface area contributed by atoms with Crippen LogP contribution in [0.3, 0.4) is 0 Å². The summed E-state index contributed by atoms with van der Waals surface area (Å²) in [4.78, 5) is 4.70. The molecule has 0 atom stereocenters. The molecule has 0 spiro atoms. The average molecular weight is 229 g/mol. The van der Waals surface area contributed by atoms with Crippen molar-refractivity contribution in [1.29, 1.82) is 0 Å². The molecule has 0 unspecified atom stereocenters. The number of aliphatic imine (C=N–C) groups is 1. The van der Waals surface area contributed by atoms with Crippen LogP contribution in [0.15, 0.2) is 29.3 Å². The van der Waals surface area contributed by atoms with Crippen molar-refractivity contribution in [2.24, 2.45) is 4.99 Å². The fourth-order valence-corrected chi connectivity index (χ4v) is 2.45. The first kappa shape index (κ1) is 12.3. The van der Waals surface area contributed by atoms with Gasteiger partial charge in [0.2, 0.25) is 0 Å². The Labute approximate surface area is 105 Å².